The summed E-state index contributed by atoms with van der Waals surface area (Å²) in [5.41, 5.74) is 2.40. The Labute approximate surface area is 116 Å². The summed E-state index contributed by atoms with van der Waals surface area (Å²) in [4.78, 5) is 1.52. The van der Waals surface area contributed by atoms with Crippen LogP contribution < -0.4 is 9.64 Å². The van der Waals surface area contributed by atoms with Crippen LogP contribution in [-0.4, -0.2) is 37.5 Å². The van der Waals surface area contributed by atoms with E-state index in [2.05, 4.69) is 19.9 Å². The second kappa shape index (κ2) is 6.92. The topological polar surface area (TPSA) is 33.9 Å². The van der Waals surface area contributed by atoms with Gasteiger partial charge in [0.25, 0.3) is 0 Å². The van der Waals surface area contributed by atoms with E-state index in [-0.39, 0.29) is 6.10 Å². The van der Waals surface area contributed by atoms with Crippen molar-refractivity contribution in [2.24, 2.45) is 0 Å². The molecule has 0 saturated carbocycles. The number of piperidine rings is 1. The molecule has 1 aromatic carbocycles. The Hall–Kier alpha value is -1.06. The predicted molar refractivity (Wildman–Crippen MR) is 76.8 cm³/mol. The van der Waals surface area contributed by atoms with Crippen LogP contribution in [0.1, 0.15) is 30.4 Å². The summed E-state index contributed by atoms with van der Waals surface area (Å²) in [6, 6.07) is 6.17. The van der Waals surface area contributed by atoms with Gasteiger partial charge in [-0.2, -0.15) is 0 Å². The van der Waals surface area contributed by atoms with Crippen molar-refractivity contribution in [2.75, 3.05) is 26.2 Å². The monoisotopic (exact) mass is 264 g/mol. The van der Waals surface area contributed by atoms with Crippen molar-refractivity contribution in [3.8, 4) is 5.75 Å². The molecule has 3 nitrogen and oxygen atoms in total. The minimum absolute atomic E-state index is 0.367. The Morgan fingerprint density at radius 2 is 1.74 bits per heavy atom. The molecule has 0 amide bonds. The number of rotatable bonds is 5. The molecule has 1 heterocycles. The lowest BCUT2D eigenvalue weighted by Crippen LogP contribution is -3.14. The molecular formula is C16H26NO2+. The molecule has 19 heavy (non-hydrogen) atoms. The summed E-state index contributed by atoms with van der Waals surface area (Å²) in [7, 11) is 0. The predicted octanol–water partition coefficient (Wildman–Crippen LogP) is 1.11. The molecule has 0 aliphatic carbocycles. The smallest absolute Gasteiger partial charge is 0.137 e. The van der Waals surface area contributed by atoms with Crippen molar-refractivity contribution >= 4 is 0 Å². The van der Waals surface area contributed by atoms with E-state index < -0.39 is 0 Å². The van der Waals surface area contributed by atoms with Crippen molar-refractivity contribution in [2.45, 2.75) is 39.2 Å². The van der Waals surface area contributed by atoms with Gasteiger partial charge in [0.2, 0.25) is 0 Å². The number of aliphatic hydroxyl groups excluding tert-OH is 1. The van der Waals surface area contributed by atoms with Gasteiger partial charge in [0.1, 0.15) is 25.0 Å². The van der Waals surface area contributed by atoms with Gasteiger partial charge in [-0.1, -0.05) is 6.07 Å². The zero-order chi connectivity index (χ0) is 13.7. The number of quaternary nitrogens is 1. The van der Waals surface area contributed by atoms with E-state index in [1.54, 1.807) is 0 Å². The summed E-state index contributed by atoms with van der Waals surface area (Å²) >= 11 is 0. The van der Waals surface area contributed by atoms with E-state index in [0.29, 0.717) is 6.61 Å². The standard InChI is InChI=1S/C16H25NO2/c1-13-8-14(2)10-16(9-13)19-12-15(18)11-17-6-4-3-5-7-17/h8-10,15,18H,3-7,11-12H2,1-2H3/p+1. The number of nitrogens with one attached hydrogen (secondary N) is 1. The second-order valence-corrected chi connectivity index (χ2v) is 5.80. The minimum Gasteiger partial charge on any atom is -0.491 e. The van der Waals surface area contributed by atoms with E-state index in [9.17, 15) is 5.11 Å². The fourth-order valence-corrected chi connectivity index (χ4v) is 2.86. The van der Waals surface area contributed by atoms with Gasteiger partial charge in [-0.05, 0) is 56.4 Å². The average molecular weight is 264 g/mol. The maximum atomic E-state index is 10.1. The van der Waals surface area contributed by atoms with Crippen molar-refractivity contribution in [1.29, 1.82) is 0 Å². The van der Waals surface area contributed by atoms with E-state index >= 15 is 0 Å². The lowest BCUT2D eigenvalue weighted by atomic mass is 10.1. The van der Waals surface area contributed by atoms with Crippen LogP contribution in [0, 0.1) is 13.8 Å². The average Bonchev–Trinajstić information content (AvgIpc) is 2.36. The first-order valence-electron chi connectivity index (χ1n) is 7.36. The molecule has 106 valence electrons. The lowest BCUT2D eigenvalue weighted by molar-refractivity contribution is -0.908. The Balaban J connectivity index is 1.77. The molecule has 1 unspecified atom stereocenters. The molecule has 1 atom stereocenters. The number of hydrogen-bond acceptors (Lipinski definition) is 2. The number of aliphatic hydroxyl groups is 1. The molecule has 1 aliphatic rings. The van der Waals surface area contributed by atoms with E-state index in [1.807, 2.05) is 12.1 Å². The largest absolute Gasteiger partial charge is 0.491 e. The van der Waals surface area contributed by atoms with Gasteiger partial charge in [-0.3, -0.25) is 0 Å². The van der Waals surface area contributed by atoms with Crippen molar-refractivity contribution in [3.63, 3.8) is 0 Å². The van der Waals surface area contributed by atoms with Gasteiger partial charge in [-0.15, -0.1) is 0 Å². The Morgan fingerprint density at radius 3 is 2.37 bits per heavy atom. The highest BCUT2D eigenvalue weighted by molar-refractivity contribution is 5.32. The van der Waals surface area contributed by atoms with Crippen LogP contribution in [0.5, 0.6) is 5.75 Å². The molecular weight excluding hydrogens is 238 g/mol. The van der Waals surface area contributed by atoms with Crippen molar-refractivity contribution in [1.82, 2.24) is 0 Å². The van der Waals surface area contributed by atoms with Crippen LogP contribution >= 0.6 is 0 Å². The fraction of sp³-hybridized carbons (Fsp3) is 0.625. The highest BCUT2D eigenvalue weighted by Crippen LogP contribution is 2.16. The van der Waals surface area contributed by atoms with Crippen molar-refractivity contribution < 1.29 is 14.7 Å². The molecule has 1 aliphatic heterocycles. The van der Waals surface area contributed by atoms with Gasteiger partial charge < -0.3 is 14.7 Å². The van der Waals surface area contributed by atoms with Gasteiger partial charge in [0, 0.05) is 0 Å². The van der Waals surface area contributed by atoms with Crippen LogP contribution in [0.3, 0.4) is 0 Å². The molecule has 0 radical (unpaired) electrons. The lowest BCUT2D eigenvalue weighted by Gasteiger charge is -2.25. The molecule has 2 N–H and O–H groups in total. The van der Waals surface area contributed by atoms with Crippen LogP contribution in [0.2, 0.25) is 0 Å². The quantitative estimate of drug-likeness (QED) is 0.835. The number of hydrogen-bond donors (Lipinski definition) is 2. The van der Waals surface area contributed by atoms with Gasteiger partial charge in [0.05, 0.1) is 13.1 Å². The van der Waals surface area contributed by atoms with Gasteiger partial charge in [-0.25, -0.2) is 0 Å². The first-order valence-corrected chi connectivity index (χ1v) is 7.36. The molecule has 0 aromatic heterocycles. The van der Waals surface area contributed by atoms with Gasteiger partial charge in [0.15, 0.2) is 0 Å². The maximum absolute atomic E-state index is 10.1. The third-order valence-corrected chi connectivity index (χ3v) is 3.72. The summed E-state index contributed by atoms with van der Waals surface area (Å²) < 4.78 is 5.71. The Morgan fingerprint density at radius 1 is 1.11 bits per heavy atom. The van der Waals surface area contributed by atoms with Crippen LogP contribution in [-0.2, 0) is 0 Å². The minimum atomic E-state index is -0.367. The number of likely N-dealkylation sites (tertiary alicyclic amines) is 1. The zero-order valence-corrected chi connectivity index (χ0v) is 12.1. The zero-order valence-electron chi connectivity index (χ0n) is 12.1. The highest BCUT2D eigenvalue weighted by atomic mass is 16.5. The third kappa shape index (κ3) is 4.84. The maximum Gasteiger partial charge on any atom is 0.137 e. The first kappa shape index (κ1) is 14.4. The Bertz CT molecular complexity index is 379. The number of benzene rings is 1. The second-order valence-electron chi connectivity index (χ2n) is 5.80. The summed E-state index contributed by atoms with van der Waals surface area (Å²) in [6.07, 6.45) is 3.56. The van der Waals surface area contributed by atoms with E-state index in [4.69, 9.17) is 4.74 Å². The molecule has 3 heteroatoms. The van der Waals surface area contributed by atoms with E-state index in [1.165, 1.54) is 48.4 Å². The number of ether oxygens (including phenoxy) is 1. The SMILES string of the molecule is Cc1cc(C)cc(OCC(O)C[NH+]2CCCCC2)c1. The van der Waals surface area contributed by atoms with Crippen LogP contribution in [0.4, 0.5) is 0 Å². The molecule has 1 fully saturated rings. The fourth-order valence-electron chi connectivity index (χ4n) is 2.86. The molecule has 1 saturated heterocycles. The molecule has 1 aromatic rings. The molecule has 0 spiro atoms. The number of aryl methyl sites for hydroxylation is 2. The summed E-state index contributed by atoms with van der Waals surface area (Å²) in [5.74, 6) is 0.866. The molecule has 0 bridgehead atoms. The molecule has 2 rings (SSSR count). The normalized spacial score (nSPS) is 18.3. The third-order valence-electron chi connectivity index (χ3n) is 3.72. The van der Waals surface area contributed by atoms with Gasteiger partial charge >= 0.3 is 0 Å². The van der Waals surface area contributed by atoms with E-state index in [0.717, 1.165) is 12.3 Å². The first-order chi connectivity index (χ1) is 9.13. The Kier molecular flexibility index (Phi) is 5.23. The summed E-state index contributed by atoms with van der Waals surface area (Å²) in [6.45, 7) is 7.72. The van der Waals surface area contributed by atoms with Crippen LogP contribution in [0.25, 0.3) is 0 Å². The van der Waals surface area contributed by atoms with Crippen molar-refractivity contribution in [3.05, 3.63) is 29.3 Å². The summed E-state index contributed by atoms with van der Waals surface area (Å²) in [5, 5.41) is 10.1. The van der Waals surface area contributed by atoms with Crippen LogP contribution in [0.15, 0.2) is 18.2 Å². The highest BCUT2D eigenvalue weighted by Gasteiger charge is 2.18.